The number of amides is 7. The van der Waals surface area contributed by atoms with Crippen molar-refractivity contribution in [3.05, 3.63) is 69.8 Å². The van der Waals surface area contributed by atoms with Gasteiger partial charge in [-0.1, -0.05) is 12.1 Å². The van der Waals surface area contributed by atoms with Crippen LogP contribution >= 0.6 is 11.8 Å². The second-order valence-electron chi connectivity index (χ2n) is 11.8. The molecule has 3 unspecified atom stereocenters. The molecule has 2 aromatic rings. The number of hydrogen-bond acceptors (Lipinski definition) is 13. The number of phenolic OH excluding ortho intramolecular Hbond substituents is 1. The molecule has 2 aliphatic heterocycles. The molecule has 0 saturated carbocycles. The zero-order valence-corrected chi connectivity index (χ0v) is 31.0. The maximum atomic E-state index is 13.8. The Morgan fingerprint density at radius 2 is 1.69 bits per heavy atom. The molecule has 2 saturated heterocycles. The molecule has 2 aromatic carbocycles. The second-order valence-corrected chi connectivity index (χ2v) is 13.7. The summed E-state index contributed by atoms with van der Waals surface area (Å²) in [5.74, 6) is -5.36. The van der Waals surface area contributed by atoms with Gasteiger partial charge in [-0.3, -0.25) is 43.8 Å². The van der Waals surface area contributed by atoms with Gasteiger partial charge in [-0.2, -0.15) is 0 Å². The smallest absolute Gasteiger partial charge is 0.548 e. The predicted molar refractivity (Wildman–Crippen MR) is 172 cm³/mol. The fraction of sp³-hybridized carbons (Fsp3) is 0.367. The number of non-ortho nitro benzene ring substituents is 1. The number of nitrogens with one attached hydrogen (secondary N) is 6. The molecule has 2 fully saturated rings. The third-order valence-corrected chi connectivity index (χ3v) is 9.57. The Balaban J connectivity index is 0.00000729. The monoisotopic (exact) mass is 752 g/mol. The number of rotatable bonds is 15. The van der Waals surface area contributed by atoms with Crippen LogP contribution in [0.2, 0.25) is 0 Å². The number of nitro benzene ring substituents is 1. The molecule has 272 valence electrons. The van der Waals surface area contributed by atoms with Crippen LogP contribution < -0.4 is 66.7 Å². The zero-order chi connectivity index (χ0) is 37.7. The molecule has 5 atom stereocenters. The predicted octanol–water partition coefficient (Wildman–Crippen LogP) is -5.23. The summed E-state index contributed by atoms with van der Waals surface area (Å²) in [6.45, 7) is 2.82. The third kappa shape index (κ3) is 8.91. The summed E-state index contributed by atoms with van der Waals surface area (Å²) in [5, 5.41) is 44.5. The number of aromatic hydroxyl groups is 1. The van der Waals surface area contributed by atoms with Gasteiger partial charge in [-0.25, -0.2) is 10.3 Å². The topological polar surface area (TPSA) is 291 Å². The largest absolute Gasteiger partial charge is 1.00 e. The molecule has 0 aliphatic carbocycles. The van der Waals surface area contributed by atoms with E-state index in [1.807, 2.05) is 5.48 Å². The number of phenols is 1. The molecule has 2 aliphatic rings. The number of β-lactam (4-membered cyclic amide) rings is 1. The first-order valence-corrected chi connectivity index (χ1v) is 15.8. The minimum Gasteiger partial charge on any atom is -0.548 e. The number of urea groups is 1. The van der Waals surface area contributed by atoms with Crippen molar-refractivity contribution in [2.24, 2.45) is 0 Å². The van der Waals surface area contributed by atoms with Gasteiger partial charge in [-0.05, 0) is 49.2 Å². The number of carbonyl (C=O) groups is 7. The van der Waals surface area contributed by atoms with Crippen LogP contribution in [0.25, 0.3) is 0 Å². The van der Waals surface area contributed by atoms with E-state index in [1.165, 1.54) is 69.4 Å². The second kappa shape index (κ2) is 17.0. The van der Waals surface area contributed by atoms with E-state index in [9.17, 15) is 53.9 Å². The van der Waals surface area contributed by atoms with Gasteiger partial charge in [0.1, 0.15) is 17.8 Å². The normalized spacial score (nSPS) is 20.7. The van der Waals surface area contributed by atoms with Crippen molar-refractivity contribution in [1.82, 2.24) is 37.0 Å². The third-order valence-electron chi connectivity index (χ3n) is 7.96. The first kappa shape index (κ1) is 41.5. The van der Waals surface area contributed by atoms with Gasteiger partial charge in [0.15, 0.2) is 11.0 Å². The maximum absolute atomic E-state index is 13.8. The summed E-state index contributed by atoms with van der Waals surface area (Å²) in [6.07, 6.45) is -0.366. The van der Waals surface area contributed by atoms with Crippen LogP contribution in [0, 0.1) is 10.1 Å². The van der Waals surface area contributed by atoms with E-state index in [-0.39, 0.29) is 59.6 Å². The molecule has 7 N–H and O–H groups in total. The molecule has 7 amide bonds. The minimum atomic E-state index is -1.72. The molecule has 0 aromatic heterocycles. The number of aliphatic carboxylic acids is 1. The average Bonchev–Trinajstić information content (AvgIpc) is 3.30. The Morgan fingerprint density at radius 1 is 1.06 bits per heavy atom. The zero-order valence-electron chi connectivity index (χ0n) is 28.2. The van der Waals surface area contributed by atoms with E-state index in [2.05, 4.69) is 26.6 Å². The molecule has 0 bridgehead atoms. The van der Waals surface area contributed by atoms with E-state index in [1.54, 1.807) is 0 Å². The molecular formula is C30H33N8NaO12S. The van der Waals surface area contributed by atoms with Crippen LogP contribution in [0.4, 0.5) is 10.5 Å². The van der Waals surface area contributed by atoms with E-state index in [0.717, 1.165) is 16.7 Å². The summed E-state index contributed by atoms with van der Waals surface area (Å²) in [4.78, 5) is 104. The van der Waals surface area contributed by atoms with Crippen molar-refractivity contribution < 1.29 is 83.1 Å². The summed E-state index contributed by atoms with van der Waals surface area (Å²) in [5.41, 5.74) is 2.41. The number of hydrogen-bond donors (Lipinski definition) is 7. The number of nitrogens with zero attached hydrogens (tertiary/aromatic N) is 2. The maximum Gasteiger partial charge on any atom is 1.00 e. The number of carboxylic acids is 1. The van der Waals surface area contributed by atoms with Crippen molar-refractivity contribution in [2.75, 3.05) is 7.05 Å². The fourth-order valence-electron chi connectivity index (χ4n) is 5.57. The average molecular weight is 753 g/mol. The first-order chi connectivity index (χ1) is 24.0. The molecule has 0 spiro atoms. The number of nitro groups is 1. The van der Waals surface area contributed by atoms with Gasteiger partial charge in [0.05, 0.1) is 30.0 Å². The number of carbonyl (C=O) groups excluding carboxylic acids is 7. The van der Waals surface area contributed by atoms with Gasteiger partial charge in [0, 0.05) is 23.9 Å². The molecule has 0 radical (unpaired) electrons. The number of hydroxylamine groups is 1. The SMILES string of the molecule is CNC(=O)CC(NC(=O)NOCc1ccc([N+](=O)[O-])cc1)C(=O)NC(C(=O)N[C@@H]1C(=O)N2[C@@H](C(=O)[O-])C(C)(C)SC12NC=O)c1ccc(O)cc1.[Na+]. The van der Waals surface area contributed by atoms with Crippen LogP contribution in [-0.2, 0) is 40.2 Å². The summed E-state index contributed by atoms with van der Waals surface area (Å²) in [7, 11) is 1.28. The van der Waals surface area contributed by atoms with Gasteiger partial charge in [-0.15, -0.1) is 11.8 Å². The number of carboxylic acid groups (broad SMARTS) is 1. The summed E-state index contributed by atoms with van der Waals surface area (Å²) < 4.78 is -1.17. The van der Waals surface area contributed by atoms with Crippen molar-refractivity contribution in [3.63, 3.8) is 0 Å². The van der Waals surface area contributed by atoms with Gasteiger partial charge in [0.25, 0.3) is 11.6 Å². The van der Waals surface area contributed by atoms with Gasteiger partial charge in [0.2, 0.25) is 24.1 Å². The Labute approximate surface area is 321 Å². The van der Waals surface area contributed by atoms with Crippen molar-refractivity contribution in [2.45, 2.75) is 60.8 Å². The van der Waals surface area contributed by atoms with Crippen LogP contribution in [0.5, 0.6) is 5.75 Å². The van der Waals surface area contributed by atoms with E-state index in [0.29, 0.717) is 5.56 Å². The minimum absolute atomic E-state index is 0. The summed E-state index contributed by atoms with van der Waals surface area (Å²) >= 11 is 0.900. The molecule has 20 nitrogen and oxygen atoms in total. The first-order valence-electron chi connectivity index (χ1n) is 15.0. The standard InChI is InChI=1S/C30H34N8O12S.Na/c1-29(2)23(27(45)46)37-26(44)22(30(37,51-29)32-14-39)35-25(43)21(16-6-10-18(40)11-7-16)34-24(42)19(12-20(41)31-3)33-28(47)36-50-13-15-4-8-17(9-5-15)38(48)49;/h4-11,14,19,21-23,40H,12-13H2,1-3H3,(H,31,41)(H,32,39)(H,34,42)(H,35,43)(H,45,46)(H2,33,36,47);/q;+1/p-1/t19?,21?,22-,23+,30?;/m1./s1. The van der Waals surface area contributed by atoms with E-state index >= 15 is 0 Å². The van der Waals surface area contributed by atoms with Crippen molar-refractivity contribution in [3.8, 4) is 5.75 Å². The Hall–Kier alpha value is -4.96. The van der Waals surface area contributed by atoms with E-state index in [4.69, 9.17) is 4.84 Å². The van der Waals surface area contributed by atoms with Crippen LogP contribution in [-0.4, -0.2) is 91.9 Å². The summed E-state index contributed by atoms with van der Waals surface area (Å²) in [6, 6.07) is 2.97. The Kier molecular flexibility index (Phi) is 13.6. The van der Waals surface area contributed by atoms with Crippen molar-refractivity contribution in [1.29, 1.82) is 0 Å². The van der Waals surface area contributed by atoms with E-state index < -0.39 is 80.9 Å². The fourth-order valence-corrected chi connectivity index (χ4v) is 7.37. The number of thioether (sulfide) groups is 1. The van der Waals surface area contributed by atoms with Gasteiger partial charge < -0.3 is 41.6 Å². The van der Waals surface area contributed by atoms with Crippen molar-refractivity contribution >= 4 is 59.5 Å². The number of benzene rings is 2. The Morgan fingerprint density at radius 3 is 2.25 bits per heavy atom. The molecule has 4 rings (SSSR count). The van der Waals surface area contributed by atoms with Crippen LogP contribution in [0.15, 0.2) is 48.5 Å². The molecular weight excluding hydrogens is 719 g/mol. The Bertz CT molecular complexity index is 1730. The molecule has 52 heavy (non-hydrogen) atoms. The molecule has 22 heteroatoms. The van der Waals surface area contributed by atoms with Gasteiger partial charge >= 0.3 is 35.6 Å². The molecule has 2 heterocycles. The van der Waals surface area contributed by atoms with Crippen LogP contribution in [0.1, 0.15) is 37.4 Å². The quantitative estimate of drug-likeness (QED) is 0.0295. The number of fused-ring (bicyclic) bond motifs is 1. The van der Waals surface area contributed by atoms with Crippen LogP contribution in [0.3, 0.4) is 0 Å².